The molecule has 94 valence electrons. The summed E-state index contributed by atoms with van der Waals surface area (Å²) >= 11 is 0. The lowest BCUT2D eigenvalue weighted by Gasteiger charge is -2.09. The third-order valence-electron chi connectivity index (χ3n) is 1.96. The minimum absolute atomic E-state index is 0.204. The van der Waals surface area contributed by atoms with Crippen molar-refractivity contribution in [2.75, 3.05) is 13.6 Å². The highest BCUT2D eigenvalue weighted by Gasteiger charge is 2.44. The van der Waals surface area contributed by atoms with Crippen molar-refractivity contribution < 1.29 is 26.1 Å². The average molecular weight is 260 g/mol. The van der Waals surface area contributed by atoms with Crippen molar-refractivity contribution in [3.63, 3.8) is 0 Å². The van der Waals surface area contributed by atoms with E-state index in [1.165, 1.54) is 6.42 Å². The predicted octanol–water partition coefficient (Wildman–Crippen LogP) is 0.998. The highest BCUT2D eigenvalue weighted by Crippen LogP contribution is 2.20. The number of halogens is 3. The van der Waals surface area contributed by atoms with E-state index >= 15 is 0 Å². The summed E-state index contributed by atoms with van der Waals surface area (Å²) in [4.78, 5) is 2.10. The van der Waals surface area contributed by atoms with Crippen LogP contribution in [0.1, 0.15) is 12.8 Å². The molecule has 0 aliphatic carbocycles. The van der Waals surface area contributed by atoms with Gasteiger partial charge in [0.05, 0.1) is 12.1 Å². The summed E-state index contributed by atoms with van der Waals surface area (Å²) in [6.45, 7) is 1.10. The van der Waals surface area contributed by atoms with Crippen LogP contribution in [0.2, 0.25) is 0 Å². The van der Waals surface area contributed by atoms with Crippen molar-refractivity contribution in [2.45, 2.75) is 24.4 Å². The lowest BCUT2D eigenvalue weighted by atomic mass is 10.2. The quantitative estimate of drug-likeness (QED) is 0.519. The highest BCUT2D eigenvalue weighted by molar-refractivity contribution is 7.86. The lowest BCUT2D eigenvalue weighted by molar-refractivity contribution is -0.0510. The monoisotopic (exact) mass is 260 g/mol. The van der Waals surface area contributed by atoms with Gasteiger partial charge in [-0.3, -0.25) is 9.45 Å². The molecule has 16 heavy (non-hydrogen) atoms. The second-order valence-corrected chi connectivity index (χ2v) is 4.60. The molecule has 1 aliphatic heterocycles. The van der Waals surface area contributed by atoms with E-state index < -0.39 is 15.6 Å². The van der Waals surface area contributed by atoms with Crippen molar-refractivity contribution in [1.82, 2.24) is 4.90 Å². The molecular weight excluding hydrogens is 249 g/mol. The van der Waals surface area contributed by atoms with Gasteiger partial charge in [-0.15, -0.1) is 0 Å². The van der Waals surface area contributed by atoms with Gasteiger partial charge < -0.3 is 0 Å². The van der Waals surface area contributed by atoms with Gasteiger partial charge in [0.1, 0.15) is 0 Å². The zero-order chi connectivity index (χ0) is 13.0. The second-order valence-electron chi connectivity index (χ2n) is 3.19. The zero-order valence-electron chi connectivity index (χ0n) is 8.40. The van der Waals surface area contributed by atoms with E-state index in [0.717, 1.165) is 13.0 Å². The smallest absolute Gasteiger partial charge is 0.291 e. The normalized spacial score (nSPS) is 22.1. The first-order chi connectivity index (χ1) is 7.09. The van der Waals surface area contributed by atoms with Gasteiger partial charge in [-0.1, -0.05) is 0 Å². The minimum Gasteiger partial charge on any atom is -0.291 e. The lowest BCUT2D eigenvalue weighted by Crippen LogP contribution is -2.22. The Bertz CT molecular complexity index is 360. The molecular formula is C7H11F3N2O3S. The fraction of sp³-hybridized carbons (Fsp3) is 0.857. The van der Waals surface area contributed by atoms with Gasteiger partial charge in [-0.05, 0) is 26.4 Å². The highest BCUT2D eigenvalue weighted by atomic mass is 32.2. The maximum atomic E-state index is 10.7. The van der Waals surface area contributed by atoms with E-state index in [9.17, 15) is 13.2 Å². The first-order valence-electron chi connectivity index (χ1n) is 4.23. The number of hydrogen-bond donors (Lipinski definition) is 1. The zero-order valence-corrected chi connectivity index (χ0v) is 9.22. The van der Waals surface area contributed by atoms with Crippen LogP contribution in [0.5, 0.6) is 0 Å². The first kappa shape index (κ1) is 15.2. The van der Waals surface area contributed by atoms with Crippen LogP contribution < -0.4 is 0 Å². The molecule has 5 nitrogen and oxygen atoms in total. The van der Waals surface area contributed by atoms with Crippen molar-refractivity contribution in [1.29, 1.82) is 5.26 Å². The molecule has 1 heterocycles. The van der Waals surface area contributed by atoms with Crippen molar-refractivity contribution >= 4 is 10.1 Å². The molecule has 0 aromatic carbocycles. The standard InChI is InChI=1S/C6H10N2.CHF3O3S/c1-8-4-2-3-6(8)5-7;2-1(3,4)8(5,6)7/h6H,2-4H2,1H3;(H,5,6,7). The van der Waals surface area contributed by atoms with E-state index in [1.54, 1.807) is 0 Å². The SMILES string of the molecule is CN1CCCC1C#N.O=S(=O)(O)C(F)(F)F. The third kappa shape index (κ3) is 4.78. The van der Waals surface area contributed by atoms with Gasteiger partial charge in [0.2, 0.25) is 0 Å². The molecule has 1 rings (SSSR count). The molecule has 0 saturated carbocycles. The molecule has 1 N–H and O–H groups in total. The van der Waals surface area contributed by atoms with Crippen LogP contribution in [-0.2, 0) is 10.1 Å². The topological polar surface area (TPSA) is 81.4 Å². The van der Waals surface area contributed by atoms with Gasteiger partial charge >= 0.3 is 15.6 Å². The van der Waals surface area contributed by atoms with Gasteiger partial charge in [0, 0.05) is 0 Å². The van der Waals surface area contributed by atoms with Crippen LogP contribution in [0.4, 0.5) is 13.2 Å². The number of likely N-dealkylation sites (tertiary alicyclic amines) is 1. The molecule has 0 radical (unpaired) electrons. The van der Waals surface area contributed by atoms with Gasteiger partial charge in [-0.2, -0.15) is 26.9 Å². The fourth-order valence-electron chi connectivity index (χ4n) is 1.07. The summed E-state index contributed by atoms with van der Waals surface area (Å²) < 4.78 is 57.5. The van der Waals surface area contributed by atoms with Crippen LogP contribution in [0.3, 0.4) is 0 Å². The Balaban J connectivity index is 0.000000281. The van der Waals surface area contributed by atoms with Gasteiger partial charge in [0.15, 0.2) is 0 Å². The van der Waals surface area contributed by atoms with Crippen molar-refractivity contribution in [3.05, 3.63) is 0 Å². The number of hydrogen-bond acceptors (Lipinski definition) is 4. The summed E-state index contributed by atoms with van der Waals surface area (Å²) in [5.74, 6) is 0. The van der Waals surface area contributed by atoms with E-state index in [4.69, 9.17) is 18.2 Å². The molecule has 1 atom stereocenters. The van der Waals surface area contributed by atoms with E-state index in [2.05, 4.69) is 11.0 Å². The molecule has 0 amide bonds. The molecule has 0 aromatic rings. The number of rotatable bonds is 0. The predicted molar refractivity (Wildman–Crippen MR) is 48.9 cm³/mol. The Hall–Kier alpha value is -0.850. The first-order valence-corrected chi connectivity index (χ1v) is 5.67. The summed E-state index contributed by atoms with van der Waals surface area (Å²) in [5.41, 5.74) is -5.53. The molecule has 0 bridgehead atoms. The summed E-state index contributed by atoms with van der Waals surface area (Å²) in [5, 5.41) is 8.44. The molecule has 9 heteroatoms. The van der Waals surface area contributed by atoms with Crippen LogP contribution >= 0.6 is 0 Å². The number of alkyl halides is 3. The third-order valence-corrected chi connectivity index (χ3v) is 2.55. The van der Waals surface area contributed by atoms with Crippen LogP contribution in [0, 0.1) is 11.3 Å². The molecule has 1 fully saturated rings. The summed E-state index contributed by atoms with van der Waals surface area (Å²) in [6.07, 6.45) is 2.25. The van der Waals surface area contributed by atoms with E-state index in [1.807, 2.05) is 7.05 Å². The average Bonchev–Trinajstić information content (AvgIpc) is 2.48. The van der Waals surface area contributed by atoms with Crippen LogP contribution in [-0.4, -0.2) is 43.0 Å². The molecule has 0 spiro atoms. The maximum absolute atomic E-state index is 10.7. The largest absolute Gasteiger partial charge is 0.522 e. The Morgan fingerprint density at radius 1 is 1.50 bits per heavy atom. The molecule has 0 aromatic heterocycles. The van der Waals surface area contributed by atoms with Crippen LogP contribution in [0.15, 0.2) is 0 Å². The molecule has 1 aliphatic rings. The Morgan fingerprint density at radius 3 is 2.06 bits per heavy atom. The number of nitrogens with zero attached hydrogens (tertiary/aromatic N) is 2. The van der Waals surface area contributed by atoms with E-state index in [-0.39, 0.29) is 6.04 Å². The fourth-order valence-corrected chi connectivity index (χ4v) is 1.07. The van der Waals surface area contributed by atoms with Crippen molar-refractivity contribution in [2.24, 2.45) is 0 Å². The molecule has 1 saturated heterocycles. The second kappa shape index (κ2) is 5.47. The van der Waals surface area contributed by atoms with Crippen molar-refractivity contribution in [3.8, 4) is 6.07 Å². The number of nitriles is 1. The van der Waals surface area contributed by atoms with Gasteiger partial charge in [0.25, 0.3) is 0 Å². The minimum atomic E-state index is -5.84. The maximum Gasteiger partial charge on any atom is 0.522 e. The van der Waals surface area contributed by atoms with E-state index in [0.29, 0.717) is 0 Å². The van der Waals surface area contributed by atoms with Crippen LogP contribution in [0.25, 0.3) is 0 Å². The molecule has 1 unspecified atom stereocenters. The summed E-state index contributed by atoms with van der Waals surface area (Å²) in [6, 6.07) is 2.44. The van der Waals surface area contributed by atoms with Gasteiger partial charge in [-0.25, -0.2) is 0 Å². The Labute approximate surface area is 91.2 Å². The Kier molecular flexibility index (Phi) is 5.18. The Morgan fingerprint density at radius 2 is 1.94 bits per heavy atom. The summed E-state index contributed by atoms with van der Waals surface area (Å²) in [7, 11) is -3.84.